The number of rotatable bonds is 6. The molecule has 2 aromatic rings. The number of nitrogens with one attached hydrogen (secondary N) is 2. The number of ether oxygens (including phenoxy) is 1. The van der Waals surface area contributed by atoms with Crippen molar-refractivity contribution < 1.29 is 14.3 Å². The van der Waals surface area contributed by atoms with E-state index in [0.717, 1.165) is 5.69 Å². The minimum Gasteiger partial charge on any atom is -0.450 e. The molecule has 9 heteroatoms. The fourth-order valence-electron chi connectivity index (χ4n) is 2.91. The maximum atomic E-state index is 12.4. The maximum absolute atomic E-state index is 12.4. The third-order valence-electron chi connectivity index (χ3n) is 4.43. The smallest absolute Gasteiger partial charge is 0.409 e. The van der Waals surface area contributed by atoms with E-state index in [9.17, 15) is 9.59 Å². The molecule has 28 heavy (non-hydrogen) atoms. The zero-order valence-electron chi connectivity index (χ0n) is 15.8. The Bertz CT molecular complexity index is 776. The molecule has 1 aliphatic rings. The number of hydrogen-bond acceptors (Lipinski definition) is 7. The summed E-state index contributed by atoms with van der Waals surface area (Å²) in [6.45, 7) is 3.80. The lowest BCUT2D eigenvalue weighted by atomic mass is 10.1. The fourth-order valence-corrected chi connectivity index (χ4v) is 2.91. The number of aromatic nitrogens is 3. The number of pyridine rings is 1. The number of likely N-dealkylation sites (tertiary alicyclic amines) is 1. The Kier molecular flexibility index (Phi) is 6.72. The lowest BCUT2D eigenvalue weighted by molar-refractivity contribution is 0.0856. The molecule has 1 fully saturated rings. The Morgan fingerprint density at radius 3 is 2.64 bits per heavy atom. The summed E-state index contributed by atoms with van der Waals surface area (Å²) in [5, 5.41) is 14.1. The molecule has 0 unspecified atom stereocenters. The van der Waals surface area contributed by atoms with Crippen LogP contribution in [0.2, 0.25) is 0 Å². The summed E-state index contributed by atoms with van der Waals surface area (Å²) in [4.78, 5) is 30.0. The van der Waals surface area contributed by atoms with Crippen molar-refractivity contribution in [3.8, 4) is 0 Å². The number of amides is 2. The van der Waals surface area contributed by atoms with E-state index in [-0.39, 0.29) is 23.7 Å². The summed E-state index contributed by atoms with van der Waals surface area (Å²) in [5.41, 5.74) is 1.15. The molecule has 9 nitrogen and oxygen atoms in total. The van der Waals surface area contributed by atoms with Crippen LogP contribution in [0.5, 0.6) is 0 Å². The van der Waals surface area contributed by atoms with Crippen LogP contribution in [0.1, 0.15) is 35.9 Å². The van der Waals surface area contributed by atoms with E-state index in [0.29, 0.717) is 44.9 Å². The standard InChI is InChI=1S/C19H24N6O3/c1-2-28-19(27)25-11-8-14(9-12-25)22-18(26)16-6-7-17(24-23-16)21-13-15-5-3-4-10-20-15/h3-7,10,14H,2,8-9,11-13H2,1H3,(H,21,24)(H,22,26). The van der Waals surface area contributed by atoms with Crippen molar-refractivity contribution in [2.75, 3.05) is 25.0 Å². The van der Waals surface area contributed by atoms with Gasteiger partial charge >= 0.3 is 6.09 Å². The molecule has 1 saturated heterocycles. The molecular formula is C19H24N6O3. The third kappa shape index (κ3) is 5.38. The van der Waals surface area contributed by atoms with Crippen LogP contribution >= 0.6 is 0 Å². The molecule has 1 aliphatic heterocycles. The average molecular weight is 384 g/mol. The van der Waals surface area contributed by atoms with Gasteiger partial charge in [0.05, 0.1) is 18.8 Å². The molecule has 2 N–H and O–H groups in total. The number of carbonyl (C=O) groups excluding carboxylic acids is 2. The summed E-state index contributed by atoms with van der Waals surface area (Å²) < 4.78 is 5.00. The lowest BCUT2D eigenvalue weighted by Crippen LogP contribution is -2.46. The molecule has 148 valence electrons. The molecule has 0 bridgehead atoms. The van der Waals surface area contributed by atoms with Crippen molar-refractivity contribution in [3.63, 3.8) is 0 Å². The molecule has 2 aromatic heterocycles. The number of nitrogens with zero attached hydrogens (tertiary/aromatic N) is 4. The Hall–Kier alpha value is -3.23. The second-order valence-electron chi connectivity index (χ2n) is 6.41. The highest BCUT2D eigenvalue weighted by molar-refractivity contribution is 5.92. The van der Waals surface area contributed by atoms with Crippen LogP contribution in [0.3, 0.4) is 0 Å². The molecule has 0 aromatic carbocycles. The second kappa shape index (κ2) is 9.63. The monoisotopic (exact) mass is 384 g/mol. The first-order valence-electron chi connectivity index (χ1n) is 9.35. The summed E-state index contributed by atoms with van der Waals surface area (Å²) in [5.74, 6) is 0.309. The zero-order chi connectivity index (χ0) is 19.8. The molecule has 0 radical (unpaired) electrons. The predicted molar refractivity (Wildman–Crippen MR) is 103 cm³/mol. The van der Waals surface area contributed by atoms with E-state index in [1.807, 2.05) is 18.2 Å². The highest BCUT2D eigenvalue weighted by Crippen LogP contribution is 2.12. The van der Waals surface area contributed by atoms with Crippen LogP contribution in [0, 0.1) is 0 Å². The minimum absolute atomic E-state index is 0.00179. The van der Waals surface area contributed by atoms with E-state index in [1.165, 1.54) is 0 Å². The van der Waals surface area contributed by atoms with Gasteiger partial charge in [-0.25, -0.2) is 4.79 Å². The van der Waals surface area contributed by atoms with Crippen LogP contribution < -0.4 is 10.6 Å². The van der Waals surface area contributed by atoms with Crippen molar-refractivity contribution >= 4 is 17.8 Å². The quantitative estimate of drug-likeness (QED) is 0.782. The molecular weight excluding hydrogens is 360 g/mol. The van der Waals surface area contributed by atoms with E-state index < -0.39 is 0 Å². The summed E-state index contributed by atoms with van der Waals surface area (Å²) in [7, 11) is 0. The summed E-state index contributed by atoms with van der Waals surface area (Å²) >= 11 is 0. The van der Waals surface area contributed by atoms with Crippen LogP contribution in [0.25, 0.3) is 0 Å². The molecule has 0 saturated carbocycles. The van der Waals surface area contributed by atoms with Gasteiger partial charge in [-0.2, -0.15) is 0 Å². The van der Waals surface area contributed by atoms with Gasteiger partial charge in [0.2, 0.25) is 0 Å². The lowest BCUT2D eigenvalue weighted by Gasteiger charge is -2.31. The van der Waals surface area contributed by atoms with Gasteiger partial charge in [0.1, 0.15) is 5.82 Å². The van der Waals surface area contributed by atoms with Crippen LogP contribution in [0.4, 0.5) is 10.6 Å². The average Bonchev–Trinajstić information content (AvgIpc) is 2.74. The van der Waals surface area contributed by atoms with Gasteiger partial charge in [-0.15, -0.1) is 10.2 Å². The first-order valence-corrected chi connectivity index (χ1v) is 9.35. The van der Waals surface area contributed by atoms with Crippen LogP contribution in [-0.4, -0.2) is 57.8 Å². The van der Waals surface area contributed by atoms with E-state index in [2.05, 4.69) is 25.8 Å². The first-order chi connectivity index (χ1) is 13.7. The second-order valence-corrected chi connectivity index (χ2v) is 6.41. The zero-order valence-corrected chi connectivity index (χ0v) is 15.8. The van der Waals surface area contributed by atoms with Crippen molar-refractivity contribution in [3.05, 3.63) is 47.9 Å². The first kappa shape index (κ1) is 19.5. The van der Waals surface area contributed by atoms with Crippen molar-refractivity contribution in [1.29, 1.82) is 0 Å². The van der Waals surface area contributed by atoms with Gasteiger partial charge in [0.15, 0.2) is 5.69 Å². The predicted octanol–water partition coefficient (Wildman–Crippen LogP) is 1.83. The molecule has 0 spiro atoms. The van der Waals surface area contributed by atoms with Gasteiger partial charge in [0.25, 0.3) is 5.91 Å². The summed E-state index contributed by atoms with van der Waals surface area (Å²) in [6, 6.07) is 9.04. The maximum Gasteiger partial charge on any atom is 0.409 e. The SMILES string of the molecule is CCOC(=O)N1CCC(NC(=O)c2ccc(NCc3ccccn3)nn2)CC1. The Morgan fingerprint density at radius 1 is 1.18 bits per heavy atom. The topological polar surface area (TPSA) is 109 Å². The molecule has 0 aliphatic carbocycles. The highest BCUT2D eigenvalue weighted by Gasteiger charge is 2.25. The summed E-state index contributed by atoms with van der Waals surface area (Å²) in [6.07, 6.45) is 2.79. The Morgan fingerprint density at radius 2 is 2.00 bits per heavy atom. The number of piperidine rings is 1. The largest absolute Gasteiger partial charge is 0.450 e. The van der Waals surface area contributed by atoms with Gasteiger partial charge in [-0.3, -0.25) is 9.78 Å². The van der Waals surface area contributed by atoms with Gasteiger partial charge in [0, 0.05) is 25.3 Å². The van der Waals surface area contributed by atoms with Crippen molar-refractivity contribution in [2.45, 2.75) is 32.4 Å². The number of anilines is 1. The Labute approximate surface area is 163 Å². The highest BCUT2D eigenvalue weighted by atomic mass is 16.6. The molecule has 0 atom stereocenters. The Balaban J connectivity index is 1.45. The van der Waals surface area contributed by atoms with E-state index >= 15 is 0 Å². The molecule has 3 heterocycles. The molecule has 2 amide bonds. The van der Waals surface area contributed by atoms with Crippen molar-refractivity contribution in [2.24, 2.45) is 0 Å². The molecule has 3 rings (SSSR count). The van der Waals surface area contributed by atoms with Crippen LogP contribution in [0.15, 0.2) is 36.5 Å². The minimum atomic E-state index is -0.299. The normalized spacial score (nSPS) is 14.4. The third-order valence-corrected chi connectivity index (χ3v) is 4.43. The van der Waals surface area contributed by atoms with E-state index in [1.54, 1.807) is 30.2 Å². The van der Waals surface area contributed by atoms with Crippen LogP contribution in [-0.2, 0) is 11.3 Å². The van der Waals surface area contributed by atoms with Gasteiger partial charge in [-0.05, 0) is 44.0 Å². The number of hydrogen-bond donors (Lipinski definition) is 2. The number of carbonyl (C=O) groups is 2. The fraction of sp³-hybridized carbons (Fsp3) is 0.421. The van der Waals surface area contributed by atoms with Gasteiger partial charge < -0.3 is 20.3 Å². The van der Waals surface area contributed by atoms with E-state index in [4.69, 9.17) is 4.74 Å². The van der Waals surface area contributed by atoms with Crippen molar-refractivity contribution in [1.82, 2.24) is 25.4 Å². The van der Waals surface area contributed by atoms with Gasteiger partial charge in [-0.1, -0.05) is 6.07 Å².